The number of hydrogen-bond acceptors (Lipinski definition) is 4. The smallest absolute Gasteiger partial charge is 0.411 e. The van der Waals surface area contributed by atoms with E-state index < -0.39 is 6.09 Å². The van der Waals surface area contributed by atoms with Crippen molar-refractivity contribution in [3.05, 3.63) is 24.3 Å². The number of nitrogens with one attached hydrogen (secondary N) is 1. The van der Waals surface area contributed by atoms with Crippen molar-refractivity contribution >= 4 is 17.7 Å². The summed E-state index contributed by atoms with van der Waals surface area (Å²) in [6, 6.07) is 6.89. The van der Waals surface area contributed by atoms with Crippen molar-refractivity contribution in [1.29, 1.82) is 0 Å². The molecule has 6 nitrogen and oxygen atoms in total. The Morgan fingerprint density at radius 3 is 2.42 bits per heavy atom. The monoisotopic (exact) mass is 266 g/mol. The minimum atomic E-state index is -0.517. The Balaban J connectivity index is 2.40. The summed E-state index contributed by atoms with van der Waals surface area (Å²) in [4.78, 5) is 23.5. The minimum absolute atomic E-state index is 0.00114. The van der Waals surface area contributed by atoms with Gasteiger partial charge in [-0.05, 0) is 24.3 Å². The summed E-state index contributed by atoms with van der Waals surface area (Å²) in [6.45, 7) is 2.45. The molecule has 1 rings (SSSR count). The minimum Gasteiger partial charge on any atom is -0.492 e. The van der Waals surface area contributed by atoms with Gasteiger partial charge in [-0.3, -0.25) is 10.1 Å². The molecule has 0 saturated carbocycles. The first-order valence-electron chi connectivity index (χ1n) is 5.82. The van der Waals surface area contributed by atoms with Crippen molar-refractivity contribution in [2.45, 2.75) is 6.92 Å². The highest BCUT2D eigenvalue weighted by Crippen LogP contribution is 2.15. The SMILES string of the molecule is COC(=O)Nc1ccc(OCCN(C)C(C)=O)cc1. The van der Waals surface area contributed by atoms with Crippen LogP contribution in [0, 0.1) is 0 Å². The quantitative estimate of drug-likeness (QED) is 0.881. The van der Waals surface area contributed by atoms with Crippen LogP contribution < -0.4 is 10.1 Å². The summed E-state index contributed by atoms with van der Waals surface area (Å²) in [6.07, 6.45) is -0.517. The fourth-order valence-corrected chi connectivity index (χ4v) is 1.26. The van der Waals surface area contributed by atoms with Crippen LogP contribution in [0.3, 0.4) is 0 Å². The number of ether oxygens (including phenoxy) is 2. The van der Waals surface area contributed by atoms with Crippen LogP contribution in [0.1, 0.15) is 6.92 Å². The number of amides is 2. The molecule has 0 aliphatic heterocycles. The van der Waals surface area contributed by atoms with Crippen molar-refractivity contribution in [2.24, 2.45) is 0 Å². The summed E-state index contributed by atoms with van der Waals surface area (Å²) < 4.78 is 9.95. The molecule has 0 saturated heterocycles. The molecule has 19 heavy (non-hydrogen) atoms. The van der Waals surface area contributed by atoms with Gasteiger partial charge in [-0.2, -0.15) is 0 Å². The van der Waals surface area contributed by atoms with E-state index in [1.165, 1.54) is 14.0 Å². The molecule has 1 aromatic carbocycles. The predicted molar refractivity (Wildman–Crippen MR) is 71.3 cm³/mol. The number of anilines is 1. The van der Waals surface area contributed by atoms with Gasteiger partial charge in [0.25, 0.3) is 0 Å². The standard InChI is InChI=1S/C13H18N2O4/c1-10(16)15(2)8-9-19-12-6-4-11(5-7-12)14-13(17)18-3/h4-7H,8-9H2,1-3H3,(H,14,17). The van der Waals surface area contributed by atoms with Crippen molar-refractivity contribution in [3.8, 4) is 5.75 Å². The van der Waals surface area contributed by atoms with Crippen LogP contribution in [0.25, 0.3) is 0 Å². The van der Waals surface area contributed by atoms with Crippen LogP contribution in [0.2, 0.25) is 0 Å². The van der Waals surface area contributed by atoms with Gasteiger partial charge in [0.05, 0.1) is 13.7 Å². The zero-order valence-electron chi connectivity index (χ0n) is 11.3. The zero-order chi connectivity index (χ0) is 14.3. The number of hydrogen-bond donors (Lipinski definition) is 1. The van der Waals surface area contributed by atoms with Crippen molar-refractivity contribution in [1.82, 2.24) is 4.90 Å². The molecule has 0 aliphatic carbocycles. The van der Waals surface area contributed by atoms with Gasteiger partial charge in [-0.1, -0.05) is 0 Å². The summed E-state index contributed by atoms with van der Waals surface area (Å²) >= 11 is 0. The molecule has 0 spiro atoms. The van der Waals surface area contributed by atoms with Gasteiger partial charge < -0.3 is 14.4 Å². The van der Waals surface area contributed by atoms with E-state index in [9.17, 15) is 9.59 Å². The fraction of sp³-hybridized carbons (Fsp3) is 0.385. The Bertz CT molecular complexity index is 431. The zero-order valence-corrected chi connectivity index (χ0v) is 11.3. The highest BCUT2D eigenvalue weighted by atomic mass is 16.5. The van der Waals surface area contributed by atoms with Gasteiger partial charge >= 0.3 is 6.09 Å². The highest BCUT2D eigenvalue weighted by molar-refractivity contribution is 5.84. The Hall–Kier alpha value is -2.24. The van der Waals surface area contributed by atoms with Crippen LogP contribution in [0.4, 0.5) is 10.5 Å². The average molecular weight is 266 g/mol. The van der Waals surface area contributed by atoms with E-state index in [2.05, 4.69) is 10.1 Å². The first-order valence-corrected chi connectivity index (χ1v) is 5.82. The van der Waals surface area contributed by atoms with Crippen LogP contribution in [0.5, 0.6) is 5.75 Å². The van der Waals surface area contributed by atoms with Gasteiger partial charge in [-0.15, -0.1) is 0 Å². The summed E-state index contributed by atoms with van der Waals surface area (Å²) in [5.41, 5.74) is 0.625. The molecule has 0 unspecified atom stereocenters. The molecule has 0 heterocycles. The maximum Gasteiger partial charge on any atom is 0.411 e. The van der Waals surface area contributed by atoms with E-state index in [4.69, 9.17) is 4.74 Å². The lowest BCUT2D eigenvalue weighted by Crippen LogP contribution is -2.28. The maximum absolute atomic E-state index is 11.0. The molecule has 0 bridgehead atoms. The summed E-state index contributed by atoms with van der Waals surface area (Å²) in [7, 11) is 3.02. The molecule has 2 amide bonds. The van der Waals surface area contributed by atoms with Gasteiger partial charge in [0.15, 0.2) is 0 Å². The number of benzene rings is 1. The molecule has 1 N–H and O–H groups in total. The predicted octanol–water partition coefficient (Wildman–Crippen LogP) is 1.72. The summed E-state index contributed by atoms with van der Waals surface area (Å²) in [5.74, 6) is 0.675. The van der Waals surface area contributed by atoms with Crippen LogP contribution >= 0.6 is 0 Å². The van der Waals surface area contributed by atoms with Crippen molar-refractivity contribution in [2.75, 3.05) is 32.6 Å². The van der Waals surface area contributed by atoms with Crippen molar-refractivity contribution in [3.63, 3.8) is 0 Å². The van der Waals surface area contributed by atoms with E-state index >= 15 is 0 Å². The average Bonchev–Trinajstić information content (AvgIpc) is 2.40. The van der Waals surface area contributed by atoms with Crippen LogP contribution in [0.15, 0.2) is 24.3 Å². The Kier molecular flexibility index (Phi) is 5.66. The molecule has 104 valence electrons. The van der Waals surface area contributed by atoms with E-state index in [-0.39, 0.29) is 5.91 Å². The van der Waals surface area contributed by atoms with Gasteiger partial charge in [0, 0.05) is 19.7 Å². The van der Waals surface area contributed by atoms with E-state index in [1.54, 1.807) is 36.2 Å². The van der Waals surface area contributed by atoms with Gasteiger partial charge in [0.2, 0.25) is 5.91 Å². The molecular weight excluding hydrogens is 248 g/mol. The van der Waals surface area contributed by atoms with E-state index in [1.807, 2.05) is 0 Å². The molecule has 0 atom stereocenters. The highest BCUT2D eigenvalue weighted by Gasteiger charge is 2.03. The van der Waals surface area contributed by atoms with Crippen molar-refractivity contribution < 1.29 is 19.1 Å². The summed E-state index contributed by atoms with van der Waals surface area (Å²) in [5, 5.41) is 2.54. The number of methoxy groups -OCH3 is 1. The molecule has 6 heteroatoms. The normalized spacial score (nSPS) is 9.63. The lowest BCUT2D eigenvalue weighted by molar-refractivity contribution is -0.127. The fourth-order valence-electron chi connectivity index (χ4n) is 1.26. The molecule has 1 aromatic rings. The maximum atomic E-state index is 11.0. The lowest BCUT2D eigenvalue weighted by Gasteiger charge is -2.15. The molecular formula is C13H18N2O4. The first-order chi connectivity index (χ1) is 9.02. The third kappa shape index (κ3) is 5.29. The second-order valence-corrected chi connectivity index (χ2v) is 3.93. The molecule has 0 radical (unpaired) electrons. The van der Waals surface area contributed by atoms with Crippen LogP contribution in [-0.2, 0) is 9.53 Å². The number of carbonyl (C=O) groups is 2. The topological polar surface area (TPSA) is 67.9 Å². The number of rotatable bonds is 5. The largest absolute Gasteiger partial charge is 0.492 e. The van der Waals surface area contributed by atoms with Gasteiger partial charge in [0.1, 0.15) is 12.4 Å². The second kappa shape index (κ2) is 7.25. The molecule has 0 fully saturated rings. The lowest BCUT2D eigenvalue weighted by atomic mass is 10.3. The Morgan fingerprint density at radius 1 is 1.26 bits per heavy atom. The first kappa shape index (κ1) is 14.8. The van der Waals surface area contributed by atoms with E-state index in [0.717, 1.165) is 0 Å². The second-order valence-electron chi connectivity index (χ2n) is 3.93. The van der Waals surface area contributed by atoms with E-state index in [0.29, 0.717) is 24.6 Å². The Labute approximate surface area is 112 Å². The van der Waals surface area contributed by atoms with Crippen LogP contribution in [-0.4, -0.2) is 44.2 Å². The molecule has 0 aliphatic rings. The number of carbonyl (C=O) groups excluding carboxylic acids is 2. The third-order valence-electron chi connectivity index (χ3n) is 2.52. The number of likely N-dealkylation sites (N-methyl/N-ethyl adjacent to an activating group) is 1. The third-order valence-corrected chi connectivity index (χ3v) is 2.52. The Morgan fingerprint density at radius 2 is 1.89 bits per heavy atom. The molecule has 0 aromatic heterocycles. The van der Waals surface area contributed by atoms with Gasteiger partial charge in [-0.25, -0.2) is 4.79 Å². The number of nitrogens with zero attached hydrogens (tertiary/aromatic N) is 1.